The minimum atomic E-state index is 0.320. The predicted molar refractivity (Wildman–Crippen MR) is 110 cm³/mol. The van der Waals surface area contributed by atoms with E-state index in [1.54, 1.807) is 7.11 Å². The third kappa shape index (κ3) is 3.97. The molecule has 6 nitrogen and oxygen atoms in total. The lowest BCUT2D eigenvalue weighted by Gasteiger charge is -2.16. The van der Waals surface area contributed by atoms with Crippen molar-refractivity contribution in [3.05, 3.63) is 65.6 Å². The van der Waals surface area contributed by atoms with Crippen LogP contribution in [0.3, 0.4) is 0 Å². The molecule has 1 fully saturated rings. The van der Waals surface area contributed by atoms with E-state index in [0.29, 0.717) is 11.9 Å². The molecule has 1 saturated heterocycles. The van der Waals surface area contributed by atoms with Gasteiger partial charge < -0.3 is 10.5 Å². The number of pyridine rings is 1. The van der Waals surface area contributed by atoms with E-state index in [9.17, 15) is 0 Å². The van der Waals surface area contributed by atoms with Gasteiger partial charge in [0, 0.05) is 42.8 Å². The van der Waals surface area contributed by atoms with Crippen molar-refractivity contribution in [1.29, 1.82) is 0 Å². The van der Waals surface area contributed by atoms with Crippen LogP contribution in [-0.2, 0) is 6.54 Å². The van der Waals surface area contributed by atoms with Crippen molar-refractivity contribution in [2.24, 2.45) is 0 Å². The Labute approximate surface area is 165 Å². The molecule has 28 heavy (non-hydrogen) atoms. The van der Waals surface area contributed by atoms with E-state index in [1.807, 2.05) is 24.7 Å². The first-order chi connectivity index (χ1) is 13.6. The molecular weight excluding hydrogens is 350 g/mol. The number of anilines is 1. The van der Waals surface area contributed by atoms with Gasteiger partial charge in [0.15, 0.2) is 0 Å². The summed E-state index contributed by atoms with van der Waals surface area (Å²) < 4.78 is 5.37. The lowest BCUT2D eigenvalue weighted by Crippen LogP contribution is -2.20. The summed E-state index contributed by atoms with van der Waals surface area (Å²) in [5.74, 6) is 1.73. The number of likely N-dealkylation sites (tertiary alicyclic amines) is 1. The molecule has 0 unspecified atom stereocenters. The number of hydrogen-bond donors (Lipinski definition) is 1. The molecule has 1 aliphatic heterocycles. The van der Waals surface area contributed by atoms with E-state index >= 15 is 0 Å². The number of nitrogen functional groups attached to an aromatic ring is 1. The third-order valence-electron chi connectivity index (χ3n) is 5.35. The first kappa shape index (κ1) is 18.4. The molecule has 144 valence electrons. The van der Waals surface area contributed by atoms with Crippen molar-refractivity contribution in [3.63, 3.8) is 0 Å². The fraction of sp³-hybridized carbons (Fsp3) is 0.318. The van der Waals surface area contributed by atoms with E-state index in [-0.39, 0.29) is 0 Å². The highest BCUT2D eigenvalue weighted by Gasteiger charge is 2.24. The Hall–Kier alpha value is -2.99. The number of rotatable bonds is 5. The molecule has 6 heteroatoms. The lowest BCUT2D eigenvalue weighted by molar-refractivity contribution is 0.326. The van der Waals surface area contributed by atoms with Crippen LogP contribution in [0.1, 0.15) is 29.0 Å². The molecule has 4 rings (SSSR count). The molecule has 1 atom stereocenters. The van der Waals surface area contributed by atoms with Crippen molar-refractivity contribution in [3.8, 4) is 17.0 Å². The number of nitrogens with zero attached hydrogens (tertiary/aromatic N) is 4. The second-order valence-electron chi connectivity index (χ2n) is 7.33. The maximum absolute atomic E-state index is 5.57. The summed E-state index contributed by atoms with van der Waals surface area (Å²) in [6.07, 6.45) is 6.68. The number of benzene rings is 1. The van der Waals surface area contributed by atoms with Crippen LogP contribution >= 0.6 is 0 Å². The van der Waals surface area contributed by atoms with Gasteiger partial charge in [0.1, 0.15) is 5.75 Å². The van der Waals surface area contributed by atoms with E-state index in [1.165, 1.54) is 5.56 Å². The van der Waals surface area contributed by atoms with Crippen molar-refractivity contribution in [2.75, 3.05) is 25.9 Å². The average molecular weight is 375 g/mol. The van der Waals surface area contributed by atoms with Crippen LogP contribution in [0, 0.1) is 6.92 Å². The Kier molecular flexibility index (Phi) is 5.21. The monoisotopic (exact) mass is 375 g/mol. The summed E-state index contributed by atoms with van der Waals surface area (Å²) >= 11 is 0. The van der Waals surface area contributed by atoms with Crippen LogP contribution < -0.4 is 10.5 Å². The minimum Gasteiger partial charge on any atom is -0.496 e. The predicted octanol–water partition coefficient (Wildman–Crippen LogP) is 3.43. The van der Waals surface area contributed by atoms with Gasteiger partial charge >= 0.3 is 0 Å². The molecule has 0 saturated carbocycles. The largest absolute Gasteiger partial charge is 0.496 e. The van der Waals surface area contributed by atoms with E-state index in [2.05, 4.69) is 51.0 Å². The average Bonchev–Trinajstić information content (AvgIpc) is 3.18. The van der Waals surface area contributed by atoms with Gasteiger partial charge in [-0.25, -0.2) is 9.97 Å². The second-order valence-corrected chi connectivity index (χ2v) is 7.33. The van der Waals surface area contributed by atoms with E-state index in [4.69, 9.17) is 10.5 Å². The zero-order chi connectivity index (χ0) is 19.5. The summed E-state index contributed by atoms with van der Waals surface area (Å²) in [5, 5.41) is 0. The topological polar surface area (TPSA) is 77.2 Å². The van der Waals surface area contributed by atoms with Crippen LogP contribution in [0.4, 0.5) is 5.95 Å². The highest BCUT2D eigenvalue weighted by Crippen LogP contribution is 2.31. The Morgan fingerprint density at radius 2 is 1.96 bits per heavy atom. The standard InChI is InChI=1S/C22H25N5O/c1-15-9-18(3-4-21(15)28-2)20-10-17(5-7-24-20)19-6-8-27(14-19)13-16-11-25-22(23)26-12-16/h3-5,7,9-12,19H,6,8,13-14H2,1-2H3,(H2,23,25,26)/t19-/m1/s1. The molecule has 2 N–H and O–H groups in total. The van der Waals surface area contributed by atoms with Crippen LogP contribution in [0.5, 0.6) is 5.75 Å². The molecule has 0 radical (unpaired) electrons. The smallest absolute Gasteiger partial charge is 0.219 e. The zero-order valence-electron chi connectivity index (χ0n) is 16.3. The Balaban J connectivity index is 1.47. The van der Waals surface area contributed by atoms with Crippen molar-refractivity contribution in [1.82, 2.24) is 19.9 Å². The summed E-state index contributed by atoms with van der Waals surface area (Å²) in [6.45, 7) is 5.00. The van der Waals surface area contributed by atoms with Crippen LogP contribution in [0.15, 0.2) is 48.9 Å². The number of methoxy groups -OCH3 is 1. The normalized spacial score (nSPS) is 17.0. The zero-order valence-corrected chi connectivity index (χ0v) is 16.3. The van der Waals surface area contributed by atoms with Crippen molar-refractivity contribution in [2.45, 2.75) is 25.8 Å². The third-order valence-corrected chi connectivity index (χ3v) is 5.35. The molecule has 0 amide bonds. The van der Waals surface area contributed by atoms with Crippen molar-refractivity contribution < 1.29 is 4.74 Å². The molecule has 0 aliphatic carbocycles. The summed E-state index contributed by atoms with van der Waals surface area (Å²) in [7, 11) is 1.70. The summed E-state index contributed by atoms with van der Waals surface area (Å²) in [4.78, 5) is 15.2. The van der Waals surface area contributed by atoms with Gasteiger partial charge in [-0.15, -0.1) is 0 Å². The molecule has 1 aromatic carbocycles. The quantitative estimate of drug-likeness (QED) is 0.736. The molecular formula is C22H25N5O. The summed E-state index contributed by atoms with van der Waals surface area (Å²) in [6, 6.07) is 10.6. The maximum atomic E-state index is 5.57. The molecule has 0 spiro atoms. The Morgan fingerprint density at radius 1 is 1.14 bits per heavy atom. The lowest BCUT2D eigenvalue weighted by atomic mass is 9.97. The van der Waals surface area contributed by atoms with Gasteiger partial charge in [-0.05, 0) is 67.3 Å². The van der Waals surface area contributed by atoms with Crippen LogP contribution in [-0.4, -0.2) is 40.1 Å². The van der Waals surface area contributed by atoms with Gasteiger partial charge in [0.25, 0.3) is 0 Å². The number of ether oxygens (including phenoxy) is 1. The van der Waals surface area contributed by atoms with Gasteiger partial charge in [-0.3, -0.25) is 9.88 Å². The second kappa shape index (κ2) is 7.94. The Morgan fingerprint density at radius 3 is 2.71 bits per heavy atom. The number of nitrogens with two attached hydrogens (primary N) is 1. The molecule has 1 aliphatic rings. The first-order valence-corrected chi connectivity index (χ1v) is 9.52. The van der Waals surface area contributed by atoms with E-state index < -0.39 is 0 Å². The SMILES string of the molecule is COc1ccc(-c2cc([C@@H]3CCN(Cc4cnc(N)nc4)C3)ccn2)cc1C. The fourth-order valence-corrected chi connectivity index (χ4v) is 3.85. The minimum absolute atomic E-state index is 0.320. The highest BCUT2D eigenvalue weighted by atomic mass is 16.5. The molecule has 3 aromatic rings. The Bertz CT molecular complexity index is 957. The molecule has 3 heterocycles. The van der Waals surface area contributed by atoms with Gasteiger partial charge in [0.2, 0.25) is 5.95 Å². The van der Waals surface area contributed by atoms with Gasteiger partial charge in [0.05, 0.1) is 12.8 Å². The molecule has 0 bridgehead atoms. The highest BCUT2D eigenvalue weighted by molar-refractivity contribution is 5.62. The fourth-order valence-electron chi connectivity index (χ4n) is 3.85. The van der Waals surface area contributed by atoms with Crippen LogP contribution in [0.25, 0.3) is 11.3 Å². The number of hydrogen-bond acceptors (Lipinski definition) is 6. The van der Waals surface area contributed by atoms with Crippen LogP contribution in [0.2, 0.25) is 0 Å². The maximum Gasteiger partial charge on any atom is 0.219 e. The number of aryl methyl sites for hydroxylation is 1. The van der Waals surface area contributed by atoms with E-state index in [0.717, 1.165) is 54.2 Å². The van der Waals surface area contributed by atoms with Gasteiger partial charge in [-0.2, -0.15) is 0 Å². The summed E-state index contributed by atoms with van der Waals surface area (Å²) in [5.41, 5.74) is 11.3. The van der Waals surface area contributed by atoms with Gasteiger partial charge in [-0.1, -0.05) is 0 Å². The number of aromatic nitrogens is 3. The molecule has 2 aromatic heterocycles. The first-order valence-electron chi connectivity index (χ1n) is 9.52. The van der Waals surface area contributed by atoms with Crippen molar-refractivity contribution >= 4 is 5.95 Å².